The summed E-state index contributed by atoms with van der Waals surface area (Å²) >= 11 is 5.98. The minimum Gasteiger partial charge on any atom is -0.392 e. The van der Waals surface area contributed by atoms with Crippen LogP contribution in [0, 0.1) is 18.3 Å². The highest BCUT2D eigenvalue weighted by Gasteiger charge is 2.19. The summed E-state index contributed by atoms with van der Waals surface area (Å²) in [6, 6.07) is 13.3. The molecule has 0 radical (unpaired) electrons. The van der Waals surface area contributed by atoms with E-state index < -0.39 is 6.10 Å². The van der Waals surface area contributed by atoms with Crippen LogP contribution in [0.3, 0.4) is 0 Å². The number of aryl methyl sites for hydroxylation is 1. The molecule has 0 bridgehead atoms. The predicted octanol–water partition coefficient (Wildman–Crippen LogP) is 3.98. The van der Waals surface area contributed by atoms with E-state index in [9.17, 15) is 10.2 Å². The number of hydrogen-bond donors (Lipinski definition) is 2. The molecule has 1 atom stereocenters. The SMILES string of the molecule is Cc1cc(-c2ccc(C#N)cc2)c(C(C)O)n1Cc1cnc(Cl)c(CO)c1. The van der Waals surface area contributed by atoms with Crippen LogP contribution in [0.25, 0.3) is 11.1 Å². The molecule has 2 N–H and O–H groups in total. The predicted molar refractivity (Wildman–Crippen MR) is 104 cm³/mol. The van der Waals surface area contributed by atoms with Crippen LogP contribution in [0.5, 0.6) is 0 Å². The Bertz CT molecular complexity index is 1000. The van der Waals surface area contributed by atoms with Crippen LogP contribution < -0.4 is 0 Å². The summed E-state index contributed by atoms with van der Waals surface area (Å²) in [4.78, 5) is 4.13. The summed E-state index contributed by atoms with van der Waals surface area (Å²) in [5.74, 6) is 0. The molecule has 3 aromatic rings. The lowest BCUT2D eigenvalue weighted by Crippen LogP contribution is -2.10. The van der Waals surface area contributed by atoms with Gasteiger partial charge in [0, 0.05) is 29.6 Å². The van der Waals surface area contributed by atoms with Crippen molar-refractivity contribution in [2.45, 2.75) is 33.1 Å². The second-order valence-corrected chi connectivity index (χ2v) is 6.85. The number of nitriles is 1. The van der Waals surface area contributed by atoms with E-state index in [4.69, 9.17) is 16.9 Å². The third kappa shape index (κ3) is 3.88. The van der Waals surface area contributed by atoms with Gasteiger partial charge in [0.05, 0.1) is 30.0 Å². The van der Waals surface area contributed by atoms with Gasteiger partial charge in [0.15, 0.2) is 0 Å². The first kappa shape index (κ1) is 19.1. The maximum absolute atomic E-state index is 10.4. The quantitative estimate of drug-likeness (QED) is 0.655. The van der Waals surface area contributed by atoms with Crippen molar-refractivity contribution in [1.82, 2.24) is 9.55 Å². The number of halogens is 1. The minimum absolute atomic E-state index is 0.177. The molecule has 0 aliphatic carbocycles. The van der Waals surface area contributed by atoms with Crippen molar-refractivity contribution < 1.29 is 10.2 Å². The van der Waals surface area contributed by atoms with E-state index in [1.165, 1.54) is 0 Å². The second-order valence-electron chi connectivity index (χ2n) is 6.49. The fourth-order valence-corrected chi connectivity index (χ4v) is 3.40. The van der Waals surface area contributed by atoms with Gasteiger partial charge in [0.25, 0.3) is 0 Å². The Labute approximate surface area is 163 Å². The van der Waals surface area contributed by atoms with E-state index in [0.29, 0.717) is 22.8 Å². The van der Waals surface area contributed by atoms with Crippen LogP contribution in [-0.2, 0) is 13.2 Å². The first-order valence-corrected chi connectivity index (χ1v) is 8.95. The minimum atomic E-state index is -0.679. The number of rotatable bonds is 5. The molecule has 0 fully saturated rings. The monoisotopic (exact) mass is 381 g/mol. The Hall–Kier alpha value is -2.65. The van der Waals surface area contributed by atoms with E-state index >= 15 is 0 Å². The third-order valence-electron chi connectivity index (χ3n) is 4.55. The molecule has 0 saturated carbocycles. The van der Waals surface area contributed by atoms with Crippen LogP contribution in [0.15, 0.2) is 42.6 Å². The lowest BCUT2D eigenvalue weighted by Gasteiger charge is -2.16. The lowest BCUT2D eigenvalue weighted by atomic mass is 10.0. The number of aromatic nitrogens is 2. The molecule has 27 heavy (non-hydrogen) atoms. The molecular weight excluding hydrogens is 362 g/mol. The highest BCUT2D eigenvalue weighted by Crippen LogP contribution is 2.32. The van der Waals surface area contributed by atoms with E-state index in [-0.39, 0.29) is 6.61 Å². The molecule has 5 nitrogen and oxygen atoms in total. The number of hydrogen-bond acceptors (Lipinski definition) is 4. The largest absolute Gasteiger partial charge is 0.392 e. The molecule has 1 aromatic carbocycles. The summed E-state index contributed by atoms with van der Waals surface area (Å²) in [7, 11) is 0. The summed E-state index contributed by atoms with van der Waals surface area (Å²) in [5, 5.41) is 29.1. The molecule has 0 amide bonds. The van der Waals surface area contributed by atoms with Crippen LogP contribution in [0.2, 0.25) is 5.15 Å². The third-order valence-corrected chi connectivity index (χ3v) is 4.89. The summed E-state index contributed by atoms with van der Waals surface area (Å²) in [6.45, 7) is 4.04. The van der Waals surface area contributed by atoms with Gasteiger partial charge in [-0.3, -0.25) is 0 Å². The van der Waals surface area contributed by atoms with Gasteiger partial charge in [-0.05, 0) is 49.2 Å². The Morgan fingerprint density at radius 3 is 2.56 bits per heavy atom. The molecule has 2 heterocycles. The van der Waals surface area contributed by atoms with Gasteiger partial charge < -0.3 is 14.8 Å². The van der Waals surface area contributed by atoms with Crippen molar-refractivity contribution in [1.29, 1.82) is 5.26 Å². The van der Waals surface area contributed by atoms with E-state index in [0.717, 1.165) is 28.1 Å². The van der Waals surface area contributed by atoms with Gasteiger partial charge in [-0.2, -0.15) is 5.26 Å². The molecule has 138 valence electrons. The zero-order valence-corrected chi connectivity index (χ0v) is 15.9. The first-order valence-electron chi connectivity index (χ1n) is 8.57. The molecule has 2 aromatic heterocycles. The van der Waals surface area contributed by atoms with Crippen molar-refractivity contribution in [3.8, 4) is 17.2 Å². The normalized spacial score (nSPS) is 12.0. The van der Waals surface area contributed by atoms with Crippen molar-refractivity contribution in [2.24, 2.45) is 0 Å². The van der Waals surface area contributed by atoms with Gasteiger partial charge in [0.2, 0.25) is 0 Å². The van der Waals surface area contributed by atoms with Crippen molar-refractivity contribution in [2.75, 3.05) is 0 Å². The molecule has 6 heteroatoms. The molecule has 0 spiro atoms. The fraction of sp³-hybridized carbons (Fsp3) is 0.238. The van der Waals surface area contributed by atoms with Crippen LogP contribution in [0.4, 0.5) is 0 Å². The van der Waals surface area contributed by atoms with Gasteiger partial charge in [0.1, 0.15) is 5.15 Å². The Balaban J connectivity index is 2.05. The van der Waals surface area contributed by atoms with Gasteiger partial charge >= 0.3 is 0 Å². The van der Waals surface area contributed by atoms with E-state index in [1.54, 1.807) is 25.3 Å². The second kappa shape index (κ2) is 7.93. The van der Waals surface area contributed by atoms with Crippen molar-refractivity contribution >= 4 is 11.6 Å². The van der Waals surface area contributed by atoms with Crippen LogP contribution in [0.1, 0.15) is 41.1 Å². The first-order chi connectivity index (χ1) is 12.9. The molecular formula is C21H20ClN3O2. The van der Waals surface area contributed by atoms with Gasteiger partial charge in [-0.15, -0.1) is 0 Å². The highest BCUT2D eigenvalue weighted by atomic mass is 35.5. The summed E-state index contributed by atoms with van der Waals surface area (Å²) in [6.07, 6.45) is 0.996. The van der Waals surface area contributed by atoms with Crippen LogP contribution >= 0.6 is 11.6 Å². The van der Waals surface area contributed by atoms with Crippen molar-refractivity contribution in [3.63, 3.8) is 0 Å². The Morgan fingerprint density at radius 2 is 1.96 bits per heavy atom. The zero-order valence-electron chi connectivity index (χ0n) is 15.1. The zero-order chi connectivity index (χ0) is 19.6. The summed E-state index contributed by atoms with van der Waals surface area (Å²) < 4.78 is 2.03. The Morgan fingerprint density at radius 1 is 1.26 bits per heavy atom. The average Bonchev–Trinajstić information content (AvgIpc) is 2.99. The van der Waals surface area contributed by atoms with Crippen LogP contribution in [-0.4, -0.2) is 19.8 Å². The average molecular weight is 382 g/mol. The standard InChI is InChI=1S/C21H20ClN3O2/c1-13-7-19(17-5-3-15(9-23)4-6-17)20(14(2)27)25(13)11-16-8-18(12-26)21(22)24-10-16/h3-8,10,14,26-27H,11-12H2,1-2H3. The summed E-state index contributed by atoms with van der Waals surface area (Å²) in [5.41, 5.74) is 5.70. The molecule has 0 aliphatic rings. The number of aliphatic hydroxyl groups excluding tert-OH is 2. The lowest BCUT2D eigenvalue weighted by molar-refractivity contribution is 0.190. The van der Waals surface area contributed by atoms with Gasteiger partial charge in [-0.1, -0.05) is 23.7 Å². The highest BCUT2D eigenvalue weighted by molar-refractivity contribution is 6.30. The van der Waals surface area contributed by atoms with Crippen molar-refractivity contribution in [3.05, 3.63) is 75.8 Å². The molecule has 1 unspecified atom stereocenters. The molecule has 0 saturated heterocycles. The maximum atomic E-state index is 10.4. The number of nitrogens with zero attached hydrogens (tertiary/aromatic N) is 3. The molecule has 0 aliphatic heterocycles. The van der Waals surface area contributed by atoms with E-state index in [1.807, 2.05) is 35.8 Å². The van der Waals surface area contributed by atoms with Gasteiger partial charge in [-0.25, -0.2) is 4.98 Å². The maximum Gasteiger partial charge on any atom is 0.134 e. The number of benzene rings is 1. The number of aliphatic hydroxyl groups is 2. The molecule has 3 rings (SSSR count). The topological polar surface area (TPSA) is 82.1 Å². The smallest absolute Gasteiger partial charge is 0.134 e. The number of pyridine rings is 1. The Kier molecular flexibility index (Phi) is 5.62. The van der Waals surface area contributed by atoms with E-state index in [2.05, 4.69) is 11.1 Å². The fourth-order valence-electron chi connectivity index (χ4n) is 3.24.